The second kappa shape index (κ2) is 5.28. The number of hydrogen-bond acceptors (Lipinski definition) is 3. The number of fused-ring (bicyclic) bond motifs is 1. The largest absolute Gasteiger partial charge is 0.320 e. The molecule has 0 spiro atoms. The second-order valence-electron chi connectivity index (χ2n) is 4.77. The average molecular weight is 327 g/mol. The van der Waals surface area contributed by atoms with Gasteiger partial charge in [0.05, 0.1) is 4.92 Å². The molecular weight excluding hydrogens is 312 g/mol. The van der Waals surface area contributed by atoms with E-state index in [2.05, 4.69) is 21.2 Å². The standard InChI is InChI=1S/C13H15BrN2O3/c1-7-11(14)9-5-3-4-6-10(9)12(15-8(2)17)13(7)16(18)19/h3-6H2,1-2H3,(H,15,17). The molecule has 0 heterocycles. The molecule has 0 atom stereocenters. The van der Waals surface area contributed by atoms with E-state index in [1.54, 1.807) is 6.92 Å². The molecule has 6 heteroatoms. The highest BCUT2D eigenvalue weighted by Gasteiger charge is 2.29. The number of nitro groups is 1. The normalized spacial score (nSPS) is 13.8. The Morgan fingerprint density at radius 3 is 2.42 bits per heavy atom. The zero-order chi connectivity index (χ0) is 14.2. The van der Waals surface area contributed by atoms with E-state index >= 15 is 0 Å². The number of hydrogen-bond donors (Lipinski definition) is 1. The molecule has 0 bridgehead atoms. The van der Waals surface area contributed by atoms with Crippen LogP contribution in [0.2, 0.25) is 0 Å². The van der Waals surface area contributed by atoms with E-state index in [9.17, 15) is 14.9 Å². The van der Waals surface area contributed by atoms with Crippen molar-refractivity contribution in [2.45, 2.75) is 39.5 Å². The first-order valence-corrected chi connectivity index (χ1v) is 6.98. The Balaban J connectivity index is 2.75. The van der Waals surface area contributed by atoms with Crippen molar-refractivity contribution in [1.82, 2.24) is 0 Å². The number of carbonyl (C=O) groups is 1. The summed E-state index contributed by atoms with van der Waals surface area (Å²) in [6.45, 7) is 3.08. The van der Waals surface area contributed by atoms with Gasteiger partial charge in [0, 0.05) is 17.0 Å². The van der Waals surface area contributed by atoms with Crippen molar-refractivity contribution in [2.75, 3.05) is 5.32 Å². The van der Waals surface area contributed by atoms with Gasteiger partial charge in [-0.1, -0.05) is 0 Å². The van der Waals surface area contributed by atoms with Crippen LogP contribution in [0.1, 0.15) is 36.5 Å². The maximum atomic E-state index is 11.3. The number of carbonyl (C=O) groups excluding carboxylic acids is 1. The van der Waals surface area contributed by atoms with Crippen LogP contribution >= 0.6 is 15.9 Å². The minimum Gasteiger partial charge on any atom is -0.320 e. The summed E-state index contributed by atoms with van der Waals surface area (Å²) in [5.74, 6) is -0.280. The Morgan fingerprint density at radius 1 is 1.32 bits per heavy atom. The highest BCUT2D eigenvalue weighted by Crippen LogP contribution is 2.43. The molecule has 0 aliphatic heterocycles. The lowest BCUT2D eigenvalue weighted by Crippen LogP contribution is -2.16. The molecule has 1 aliphatic carbocycles. The molecule has 19 heavy (non-hydrogen) atoms. The van der Waals surface area contributed by atoms with Gasteiger partial charge >= 0.3 is 0 Å². The molecule has 0 fully saturated rings. The molecular formula is C13H15BrN2O3. The lowest BCUT2D eigenvalue weighted by atomic mass is 9.88. The Bertz CT molecular complexity index is 570. The minimum atomic E-state index is -0.416. The zero-order valence-corrected chi connectivity index (χ0v) is 12.5. The third-order valence-corrected chi connectivity index (χ3v) is 4.51. The highest BCUT2D eigenvalue weighted by atomic mass is 79.9. The summed E-state index contributed by atoms with van der Waals surface area (Å²) in [5, 5.41) is 13.9. The summed E-state index contributed by atoms with van der Waals surface area (Å²) >= 11 is 3.47. The maximum absolute atomic E-state index is 11.3. The van der Waals surface area contributed by atoms with Crippen LogP contribution in [0.4, 0.5) is 11.4 Å². The van der Waals surface area contributed by atoms with Crippen molar-refractivity contribution in [3.8, 4) is 0 Å². The first-order chi connectivity index (χ1) is 8.93. The third-order valence-electron chi connectivity index (χ3n) is 3.44. The summed E-state index contributed by atoms with van der Waals surface area (Å²) in [5.41, 5.74) is 2.97. The predicted octanol–water partition coefficient (Wildman–Crippen LogP) is 3.50. The monoisotopic (exact) mass is 326 g/mol. The first kappa shape index (κ1) is 14.0. The summed E-state index contributed by atoms with van der Waals surface area (Å²) < 4.78 is 0.808. The molecule has 2 rings (SSSR count). The molecule has 102 valence electrons. The van der Waals surface area contributed by atoms with E-state index in [0.717, 1.165) is 41.3 Å². The predicted molar refractivity (Wildman–Crippen MR) is 76.5 cm³/mol. The molecule has 1 aromatic carbocycles. The number of anilines is 1. The van der Waals surface area contributed by atoms with Gasteiger partial charge in [0.15, 0.2) is 0 Å². The van der Waals surface area contributed by atoms with Crippen LogP contribution < -0.4 is 5.32 Å². The van der Waals surface area contributed by atoms with Crippen molar-refractivity contribution in [3.05, 3.63) is 31.3 Å². The smallest absolute Gasteiger partial charge is 0.297 e. The minimum absolute atomic E-state index is 0.00252. The van der Waals surface area contributed by atoms with Gasteiger partial charge in [-0.3, -0.25) is 14.9 Å². The number of nitrogens with one attached hydrogen (secondary N) is 1. The summed E-state index contributed by atoms with van der Waals surface area (Å²) in [6, 6.07) is 0. The van der Waals surface area contributed by atoms with Gasteiger partial charge in [0.2, 0.25) is 5.91 Å². The quantitative estimate of drug-likeness (QED) is 0.667. The van der Waals surface area contributed by atoms with Gasteiger partial charge in [-0.05, 0) is 59.7 Å². The Kier molecular flexibility index (Phi) is 3.89. The lowest BCUT2D eigenvalue weighted by molar-refractivity contribution is -0.384. The van der Waals surface area contributed by atoms with Crippen molar-refractivity contribution in [1.29, 1.82) is 0 Å². The summed E-state index contributed by atoms with van der Waals surface area (Å²) in [4.78, 5) is 22.2. The van der Waals surface area contributed by atoms with E-state index in [-0.39, 0.29) is 11.6 Å². The lowest BCUT2D eigenvalue weighted by Gasteiger charge is -2.22. The fourth-order valence-corrected chi connectivity index (χ4v) is 3.25. The van der Waals surface area contributed by atoms with Crippen molar-refractivity contribution in [2.24, 2.45) is 0 Å². The Labute approximate surface area is 119 Å². The molecule has 1 aromatic rings. The highest BCUT2D eigenvalue weighted by molar-refractivity contribution is 9.10. The Hall–Kier alpha value is -1.43. The molecule has 1 N–H and O–H groups in total. The molecule has 0 radical (unpaired) electrons. The number of amides is 1. The number of nitro benzene ring substituents is 1. The number of benzene rings is 1. The van der Waals surface area contributed by atoms with Crippen LogP contribution in [0, 0.1) is 17.0 Å². The molecule has 5 nitrogen and oxygen atoms in total. The molecule has 1 aliphatic rings. The molecule has 0 saturated heterocycles. The third kappa shape index (κ3) is 2.49. The van der Waals surface area contributed by atoms with E-state index in [1.807, 2.05) is 0 Å². The van der Waals surface area contributed by atoms with E-state index in [4.69, 9.17) is 0 Å². The van der Waals surface area contributed by atoms with Gasteiger partial charge in [-0.25, -0.2) is 0 Å². The van der Waals surface area contributed by atoms with Crippen molar-refractivity contribution in [3.63, 3.8) is 0 Å². The van der Waals surface area contributed by atoms with Crippen LogP contribution in [-0.4, -0.2) is 10.8 Å². The summed E-state index contributed by atoms with van der Waals surface area (Å²) in [7, 11) is 0. The number of halogens is 1. The Morgan fingerprint density at radius 2 is 1.89 bits per heavy atom. The van der Waals surface area contributed by atoms with Crippen molar-refractivity contribution >= 4 is 33.2 Å². The van der Waals surface area contributed by atoms with E-state index in [0.29, 0.717) is 11.3 Å². The molecule has 1 amide bonds. The van der Waals surface area contributed by atoms with Gasteiger partial charge in [-0.15, -0.1) is 0 Å². The zero-order valence-electron chi connectivity index (χ0n) is 10.9. The number of rotatable bonds is 2. The SMILES string of the molecule is CC(=O)Nc1c2c(c(Br)c(C)c1[N+](=O)[O-])CCCC2. The van der Waals surface area contributed by atoms with E-state index in [1.165, 1.54) is 6.92 Å². The number of nitrogens with zero attached hydrogens (tertiary/aromatic N) is 1. The first-order valence-electron chi connectivity index (χ1n) is 6.19. The van der Waals surface area contributed by atoms with Gasteiger partial charge in [0.1, 0.15) is 5.69 Å². The molecule has 0 unspecified atom stereocenters. The summed E-state index contributed by atoms with van der Waals surface area (Å²) in [6.07, 6.45) is 3.72. The maximum Gasteiger partial charge on any atom is 0.297 e. The van der Waals surface area contributed by atoms with Crippen LogP contribution in [0.3, 0.4) is 0 Å². The van der Waals surface area contributed by atoms with Crippen LogP contribution in [0.25, 0.3) is 0 Å². The molecule has 0 saturated carbocycles. The average Bonchev–Trinajstić information content (AvgIpc) is 2.35. The van der Waals surface area contributed by atoms with Crippen molar-refractivity contribution < 1.29 is 9.72 Å². The topological polar surface area (TPSA) is 72.2 Å². The van der Waals surface area contributed by atoms with Crippen LogP contribution in [0.5, 0.6) is 0 Å². The van der Waals surface area contributed by atoms with Gasteiger partial charge in [-0.2, -0.15) is 0 Å². The van der Waals surface area contributed by atoms with Gasteiger partial charge in [0.25, 0.3) is 5.69 Å². The van der Waals surface area contributed by atoms with Gasteiger partial charge < -0.3 is 5.32 Å². The second-order valence-corrected chi connectivity index (χ2v) is 5.56. The van der Waals surface area contributed by atoms with E-state index < -0.39 is 4.92 Å². The van der Waals surface area contributed by atoms with Crippen LogP contribution in [-0.2, 0) is 17.6 Å². The fourth-order valence-electron chi connectivity index (χ4n) is 2.62. The fraction of sp³-hybridized carbons (Fsp3) is 0.462. The molecule has 0 aromatic heterocycles. The van der Waals surface area contributed by atoms with Crippen LogP contribution in [0.15, 0.2) is 4.47 Å².